The number of carbonyl (C=O) groups excluding carboxylic acids is 2. The van der Waals surface area contributed by atoms with Gasteiger partial charge in [-0.3, -0.25) is 9.59 Å². The Kier molecular flexibility index (Phi) is 3.88. The molecular formula is C12H12ClFO3. The lowest BCUT2D eigenvalue weighted by Gasteiger charge is -2.23. The highest BCUT2D eigenvalue weighted by molar-refractivity contribution is 6.34. The highest BCUT2D eigenvalue weighted by Gasteiger charge is 2.33. The molecular weight excluding hydrogens is 247 g/mol. The summed E-state index contributed by atoms with van der Waals surface area (Å²) in [5, 5.41) is -0.00442. The van der Waals surface area contributed by atoms with Gasteiger partial charge in [0.2, 0.25) is 5.78 Å². The van der Waals surface area contributed by atoms with Gasteiger partial charge in [-0.05, 0) is 32.0 Å². The fourth-order valence-electron chi connectivity index (χ4n) is 1.40. The number of esters is 1. The van der Waals surface area contributed by atoms with E-state index in [1.165, 1.54) is 26.8 Å². The van der Waals surface area contributed by atoms with Crippen LogP contribution in [0.15, 0.2) is 18.2 Å². The van der Waals surface area contributed by atoms with Gasteiger partial charge >= 0.3 is 5.97 Å². The average molecular weight is 259 g/mol. The molecule has 5 heteroatoms. The third kappa shape index (κ3) is 3.27. The summed E-state index contributed by atoms with van der Waals surface area (Å²) in [5.41, 5.74) is -1.20. The van der Waals surface area contributed by atoms with Crippen LogP contribution >= 0.6 is 11.6 Å². The largest absolute Gasteiger partial charge is 0.451 e. The van der Waals surface area contributed by atoms with Gasteiger partial charge in [0, 0.05) is 12.5 Å². The van der Waals surface area contributed by atoms with Crippen LogP contribution in [0.1, 0.15) is 31.1 Å². The Morgan fingerprint density at radius 3 is 2.41 bits per heavy atom. The van der Waals surface area contributed by atoms with Gasteiger partial charge in [-0.15, -0.1) is 0 Å². The van der Waals surface area contributed by atoms with E-state index in [-0.39, 0.29) is 10.6 Å². The molecule has 17 heavy (non-hydrogen) atoms. The second-order valence-electron chi connectivity index (χ2n) is 4.06. The summed E-state index contributed by atoms with van der Waals surface area (Å²) >= 11 is 5.77. The van der Waals surface area contributed by atoms with E-state index in [0.717, 1.165) is 12.1 Å². The lowest BCUT2D eigenvalue weighted by Crippen LogP contribution is -2.36. The van der Waals surface area contributed by atoms with Gasteiger partial charge in [-0.25, -0.2) is 4.39 Å². The molecule has 0 fully saturated rings. The van der Waals surface area contributed by atoms with Gasteiger partial charge in [-0.1, -0.05) is 11.6 Å². The van der Waals surface area contributed by atoms with Gasteiger partial charge < -0.3 is 4.74 Å². The Morgan fingerprint density at radius 2 is 1.94 bits per heavy atom. The normalized spacial score (nSPS) is 11.1. The van der Waals surface area contributed by atoms with Crippen molar-refractivity contribution in [3.8, 4) is 0 Å². The molecule has 1 rings (SSSR count). The zero-order chi connectivity index (χ0) is 13.2. The molecule has 3 nitrogen and oxygen atoms in total. The molecule has 0 unspecified atom stereocenters. The predicted octanol–water partition coefficient (Wildman–Crippen LogP) is 3.00. The molecule has 0 saturated carbocycles. The van der Waals surface area contributed by atoms with Gasteiger partial charge in [-0.2, -0.15) is 0 Å². The van der Waals surface area contributed by atoms with Gasteiger partial charge in [0.25, 0.3) is 0 Å². The molecule has 0 heterocycles. The lowest BCUT2D eigenvalue weighted by molar-refractivity contribution is -0.149. The first-order chi connectivity index (χ1) is 7.74. The smallest absolute Gasteiger partial charge is 0.303 e. The van der Waals surface area contributed by atoms with E-state index in [2.05, 4.69) is 0 Å². The summed E-state index contributed by atoms with van der Waals surface area (Å²) in [6.45, 7) is 4.12. The summed E-state index contributed by atoms with van der Waals surface area (Å²) < 4.78 is 17.7. The van der Waals surface area contributed by atoms with Crippen LogP contribution in [0.5, 0.6) is 0 Å². The summed E-state index contributed by atoms with van der Waals surface area (Å²) in [4.78, 5) is 22.9. The van der Waals surface area contributed by atoms with Crippen molar-refractivity contribution in [2.45, 2.75) is 26.4 Å². The third-order valence-corrected chi connectivity index (χ3v) is 2.43. The number of hydrogen-bond acceptors (Lipinski definition) is 3. The Bertz CT molecular complexity index is 469. The molecule has 0 saturated heterocycles. The Balaban J connectivity index is 3.07. The number of ketones is 1. The first-order valence-electron chi connectivity index (χ1n) is 4.93. The summed E-state index contributed by atoms with van der Waals surface area (Å²) in [5.74, 6) is -1.57. The van der Waals surface area contributed by atoms with E-state index in [0.29, 0.717) is 0 Å². The molecule has 0 aliphatic rings. The lowest BCUT2D eigenvalue weighted by atomic mass is 9.96. The maximum absolute atomic E-state index is 12.8. The van der Waals surface area contributed by atoms with Crippen molar-refractivity contribution in [2.75, 3.05) is 0 Å². The second kappa shape index (κ2) is 4.84. The van der Waals surface area contributed by atoms with Crippen molar-refractivity contribution >= 4 is 23.4 Å². The minimum absolute atomic E-state index is 0.00442. The molecule has 1 aromatic rings. The highest BCUT2D eigenvalue weighted by atomic mass is 35.5. The van der Waals surface area contributed by atoms with Crippen molar-refractivity contribution in [2.24, 2.45) is 0 Å². The van der Waals surface area contributed by atoms with E-state index in [1.54, 1.807) is 0 Å². The van der Waals surface area contributed by atoms with Crippen LogP contribution in [0, 0.1) is 5.82 Å². The van der Waals surface area contributed by atoms with Crippen molar-refractivity contribution in [3.05, 3.63) is 34.6 Å². The van der Waals surface area contributed by atoms with Gasteiger partial charge in [0.05, 0.1) is 5.02 Å². The first-order valence-corrected chi connectivity index (χ1v) is 5.31. The first kappa shape index (κ1) is 13.6. The quantitative estimate of drug-likeness (QED) is 0.618. The van der Waals surface area contributed by atoms with E-state index < -0.39 is 23.2 Å². The minimum Gasteiger partial charge on any atom is -0.451 e. The SMILES string of the molecule is CC(=O)OC(C)(C)C(=O)c1ccc(F)cc1Cl. The monoisotopic (exact) mass is 258 g/mol. The van der Waals surface area contributed by atoms with Crippen LogP contribution in [0.3, 0.4) is 0 Å². The molecule has 92 valence electrons. The standard InChI is InChI=1S/C12H12ClFO3/c1-7(15)17-12(2,3)11(16)9-5-4-8(14)6-10(9)13/h4-6H,1-3H3. The third-order valence-electron chi connectivity index (χ3n) is 2.12. The molecule has 0 spiro atoms. The number of halogens is 2. The highest BCUT2D eigenvalue weighted by Crippen LogP contribution is 2.24. The number of rotatable bonds is 3. The second-order valence-corrected chi connectivity index (χ2v) is 4.46. The van der Waals surface area contributed by atoms with Crippen molar-refractivity contribution in [1.82, 2.24) is 0 Å². The molecule has 0 amide bonds. The molecule has 1 aromatic carbocycles. The average Bonchev–Trinajstić information content (AvgIpc) is 2.14. The summed E-state index contributed by atoms with van der Waals surface area (Å²) in [7, 11) is 0. The summed E-state index contributed by atoms with van der Waals surface area (Å²) in [6.07, 6.45) is 0. The number of hydrogen-bond donors (Lipinski definition) is 0. The van der Waals surface area contributed by atoms with Gasteiger partial charge in [0.15, 0.2) is 5.60 Å². The van der Waals surface area contributed by atoms with E-state index in [4.69, 9.17) is 16.3 Å². The van der Waals surface area contributed by atoms with Crippen LogP contribution in [0.2, 0.25) is 5.02 Å². The number of Topliss-reactive ketones (excluding diaryl/α,β-unsaturated/α-hetero) is 1. The molecule has 0 aliphatic heterocycles. The Hall–Kier alpha value is -1.42. The van der Waals surface area contributed by atoms with Crippen molar-refractivity contribution in [3.63, 3.8) is 0 Å². The molecule has 0 aromatic heterocycles. The fraction of sp³-hybridized carbons (Fsp3) is 0.333. The van der Waals surface area contributed by atoms with E-state index in [1.807, 2.05) is 0 Å². The maximum Gasteiger partial charge on any atom is 0.303 e. The topological polar surface area (TPSA) is 43.4 Å². The van der Waals surface area contributed by atoms with Crippen molar-refractivity contribution in [1.29, 1.82) is 0 Å². The zero-order valence-corrected chi connectivity index (χ0v) is 10.5. The molecule has 0 N–H and O–H groups in total. The number of benzene rings is 1. The minimum atomic E-state index is -1.33. The van der Waals surface area contributed by atoms with Crippen LogP contribution in [0.25, 0.3) is 0 Å². The Labute approximate surface area is 104 Å². The maximum atomic E-state index is 12.8. The summed E-state index contributed by atoms with van der Waals surface area (Å²) in [6, 6.07) is 3.44. The van der Waals surface area contributed by atoms with Crippen molar-refractivity contribution < 1.29 is 18.7 Å². The van der Waals surface area contributed by atoms with E-state index in [9.17, 15) is 14.0 Å². The molecule has 0 radical (unpaired) electrons. The number of ether oxygens (including phenoxy) is 1. The molecule has 0 aliphatic carbocycles. The van der Waals surface area contributed by atoms with Crippen LogP contribution in [0.4, 0.5) is 4.39 Å². The van der Waals surface area contributed by atoms with E-state index >= 15 is 0 Å². The van der Waals surface area contributed by atoms with Crippen LogP contribution < -0.4 is 0 Å². The van der Waals surface area contributed by atoms with Crippen LogP contribution in [-0.2, 0) is 9.53 Å². The van der Waals surface area contributed by atoms with Gasteiger partial charge in [0.1, 0.15) is 5.82 Å². The zero-order valence-electron chi connectivity index (χ0n) is 9.71. The van der Waals surface area contributed by atoms with Crippen LogP contribution in [-0.4, -0.2) is 17.4 Å². The Morgan fingerprint density at radius 1 is 1.35 bits per heavy atom. The molecule has 0 atom stereocenters. The fourth-order valence-corrected chi connectivity index (χ4v) is 1.66. The molecule has 0 bridgehead atoms. The predicted molar refractivity (Wildman–Crippen MR) is 61.6 cm³/mol. The number of carbonyl (C=O) groups is 2.